The zero-order valence-electron chi connectivity index (χ0n) is 32.2. The second-order valence-electron chi connectivity index (χ2n) is 15.6. The van der Waals surface area contributed by atoms with Gasteiger partial charge in [-0.15, -0.1) is 38.0 Å². The third-order valence-corrected chi connectivity index (χ3v) is 10.7. The number of carbonyl (C=O) groups excluding carboxylic acids is 2. The molecule has 0 spiro atoms. The zero-order valence-corrected chi connectivity index (χ0v) is 33.8. The van der Waals surface area contributed by atoms with Gasteiger partial charge in [0.15, 0.2) is 12.1 Å². The number of hydrogen-bond donors (Lipinski definition) is 1. The highest BCUT2D eigenvalue weighted by Gasteiger charge is 2.52. The molecule has 3 unspecified atom stereocenters. The fourth-order valence-corrected chi connectivity index (χ4v) is 8.25. The number of fused-ring (bicyclic) bond motifs is 2. The van der Waals surface area contributed by atoms with E-state index >= 15 is 0 Å². The van der Waals surface area contributed by atoms with Gasteiger partial charge in [0.05, 0.1) is 28.0 Å². The summed E-state index contributed by atoms with van der Waals surface area (Å²) >= 11 is 2.60. The van der Waals surface area contributed by atoms with Gasteiger partial charge in [0.1, 0.15) is 59.4 Å². The Hall–Kier alpha value is -5.18. The quantitative estimate of drug-likeness (QED) is 0.186. The number of aliphatic hydroxyl groups is 1. The summed E-state index contributed by atoms with van der Waals surface area (Å²) in [5.41, 5.74) is 1.29. The maximum Gasteiger partial charge on any atom is 0.426 e. The summed E-state index contributed by atoms with van der Waals surface area (Å²) in [6.07, 6.45) is -3.09. The third-order valence-electron chi connectivity index (χ3n) is 8.95. The number of benzene rings is 2. The van der Waals surface area contributed by atoms with Crippen LogP contribution in [0.2, 0.25) is 0 Å². The molecule has 298 valence electrons. The van der Waals surface area contributed by atoms with Crippen LogP contribution in [0.1, 0.15) is 76.4 Å². The molecule has 2 fully saturated rings. The fourth-order valence-electron chi connectivity index (χ4n) is 6.60. The van der Waals surface area contributed by atoms with Crippen molar-refractivity contribution in [3.8, 4) is 17.1 Å². The van der Waals surface area contributed by atoms with Crippen LogP contribution in [-0.2, 0) is 23.7 Å². The Morgan fingerprint density at radius 3 is 2.40 bits per heavy atom. The molecule has 0 saturated carbocycles. The number of hydrogen-bond acceptors (Lipinski definition) is 16. The first-order chi connectivity index (χ1) is 27.1. The number of aryl methyl sites for hydroxylation is 1. The lowest BCUT2D eigenvalue weighted by atomic mass is 9.91. The lowest BCUT2D eigenvalue weighted by molar-refractivity contribution is -0.319. The van der Waals surface area contributed by atoms with E-state index in [9.17, 15) is 14.7 Å². The molecular weight excluding hydrogens is 775 g/mol. The van der Waals surface area contributed by atoms with E-state index in [0.717, 1.165) is 42.7 Å². The molecule has 2 amide bonds. The minimum absolute atomic E-state index is 0.0127. The van der Waals surface area contributed by atoms with Crippen LogP contribution in [0.15, 0.2) is 66.4 Å². The Morgan fingerprint density at radius 2 is 1.68 bits per heavy atom. The Morgan fingerprint density at radius 1 is 0.947 bits per heavy atom. The summed E-state index contributed by atoms with van der Waals surface area (Å²) in [4.78, 5) is 36.5. The third kappa shape index (κ3) is 8.03. The Balaban J connectivity index is 1.13. The molecule has 0 aliphatic carbocycles. The van der Waals surface area contributed by atoms with Crippen LogP contribution in [0, 0.1) is 6.92 Å². The number of ether oxygens (including phenoxy) is 5. The number of aliphatic hydroxyl groups excluding tert-OH is 1. The van der Waals surface area contributed by atoms with Crippen molar-refractivity contribution >= 4 is 50.2 Å². The van der Waals surface area contributed by atoms with Gasteiger partial charge in [-0.25, -0.2) is 24.2 Å². The molecule has 8 rings (SSSR count). The average molecular weight is 816 g/mol. The van der Waals surface area contributed by atoms with Gasteiger partial charge in [0, 0.05) is 16.6 Å². The van der Waals surface area contributed by atoms with E-state index in [4.69, 9.17) is 23.7 Å². The second-order valence-corrected chi connectivity index (χ2v) is 17.7. The molecule has 1 N–H and O–H groups in total. The Bertz CT molecular complexity index is 2370. The molecule has 2 saturated heterocycles. The summed E-state index contributed by atoms with van der Waals surface area (Å²) in [5, 5.41) is 32.4. The maximum absolute atomic E-state index is 13.3. The Kier molecular flexibility index (Phi) is 10.2. The van der Waals surface area contributed by atoms with Crippen molar-refractivity contribution < 1.29 is 38.4 Å². The van der Waals surface area contributed by atoms with Crippen LogP contribution < -0.4 is 4.90 Å². The van der Waals surface area contributed by atoms with Crippen molar-refractivity contribution in [2.45, 2.75) is 96.4 Å². The Labute approximate surface area is 335 Å². The van der Waals surface area contributed by atoms with E-state index in [1.807, 2.05) is 55.5 Å². The molecule has 19 heteroatoms. The van der Waals surface area contributed by atoms with Crippen molar-refractivity contribution in [2.24, 2.45) is 0 Å². The highest BCUT2D eigenvalue weighted by atomic mass is 32.1. The molecule has 17 nitrogen and oxygen atoms in total. The zero-order chi connectivity index (χ0) is 40.2. The molecule has 0 bridgehead atoms. The summed E-state index contributed by atoms with van der Waals surface area (Å²) < 4.78 is 34.7. The summed E-state index contributed by atoms with van der Waals surface area (Å²) in [6, 6.07) is 14.5. The molecule has 4 aromatic heterocycles. The van der Waals surface area contributed by atoms with Crippen LogP contribution in [0.25, 0.3) is 27.3 Å². The van der Waals surface area contributed by atoms with Crippen LogP contribution in [0.4, 0.5) is 14.7 Å². The molecule has 6 heterocycles. The van der Waals surface area contributed by atoms with E-state index in [2.05, 4.69) is 30.5 Å². The number of thiazole rings is 2. The largest absolute Gasteiger partial charge is 0.443 e. The van der Waals surface area contributed by atoms with Crippen LogP contribution in [-0.4, -0.2) is 93.1 Å². The summed E-state index contributed by atoms with van der Waals surface area (Å²) in [5.74, 6) is 0.366. The molecule has 2 aliphatic rings. The van der Waals surface area contributed by atoms with Crippen molar-refractivity contribution in [1.82, 2.24) is 39.7 Å². The second kappa shape index (κ2) is 15.0. The highest BCUT2D eigenvalue weighted by Crippen LogP contribution is 2.44. The van der Waals surface area contributed by atoms with Crippen molar-refractivity contribution in [3.63, 3.8) is 0 Å². The highest BCUT2D eigenvalue weighted by molar-refractivity contribution is 7.18. The lowest BCUT2D eigenvalue weighted by Gasteiger charge is -2.47. The van der Waals surface area contributed by atoms with E-state index in [0.29, 0.717) is 17.2 Å². The van der Waals surface area contributed by atoms with E-state index in [1.54, 1.807) is 75.4 Å². The number of anilines is 1. The number of imide groups is 1. The van der Waals surface area contributed by atoms with Gasteiger partial charge < -0.3 is 28.8 Å². The van der Waals surface area contributed by atoms with Gasteiger partial charge in [-0.2, -0.15) is 4.90 Å². The lowest BCUT2D eigenvalue weighted by Crippen LogP contribution is -2.57. The van der Waals surface area contributed by atoms with Gasteiger partial charge in [0.25, 0.3) is 0 Å². The van der Waals surface area contributed by atoms with E-state index in [-0.39, 0.29) is 11.7 Å². The first kappa shape index (κ1) is 38.7. The number of amides is 2. The van der Waals surface area contributed by atoms with Crippen LogP contribution in [0.5, 0.6) is 0 Å². The van der Waals surface area contributed by atoms with E-state index in [1.165, 1.54) is 4.68 Å². The van der Waals surface area contributed by atoms with Crippen LogP contribution >= 0.6 is 22.7 Å². The maximum atomic E-state index is 13.3. The summed E-state index contributed by atoms with van der Waals surface area (Å²) in [7, 11) is 0. The van der Waals surface area contributed by atoms with Gasteiger partial charge in [0.2, 0.25) is 5.13 Å². The first-order valence-electron chi connectivity index (χ1n) is 18.2. The standard InChI is InChI=1S/C38H41N9O8S2/c1-20-40-23-14-13-22(15-27(23)57-20)45-19-39-43-32(45)31-29(48)28(30-26(52-31)17-51-33(53-30)21-11-9-8-10-12-21)46-16-24(42-44-46)25-18-56-34(41-25)47(35(49)54-37(2,3)4)36(50)55-38(5,6)7/h8-16,18-19,26,28-31,33,48H,17H2,1-7H3/t26?,28-,29?,30+,31-,33?/m1/s1. The summed E-state index contributed by atoms with van der Waals surface area (Å²) in [6.45, 7) is 12.3. The molecule has 2 aliphatic heterocycles. The minimum Gasteiger partial charge on any atom is -0.443 e. The predicted octanol–water partition coefficient (Wildman–Crippen LogP) is 6.73. The molecule has 6 aromatic rings. The first-order valence-corrected chi connectivity index (χ1v) is 19.9. The monoisotopic (exact) mass is 815 g/mol. The van der Waals surface area contributed by atoms with Crippen LogP contribution in [0.3, 0.4) is 0 Å². The fraction of sp³-hybridized carbons (Fsp3) is 0.421. The SMILES string of the molecule is Cc1nc2ccc(-n3cnnc3[C@@H]3OC4COC(c5ccccc5)O[C@@H]4[C@H](n4cc(-c5csc(N(C(=O)OC(C)(C)C)C(=O)OC(C)(C)C)n5)nn4)C3O)cc2s1. The van der Waals surface area contributed by atoms with Gasteiger partial charge in [-0.05, 0) is 66.7 Å². The van der Waals surface area contributed by atoms with Gasteiger partial charge in [-0.1, -0.05) is 35.5 Å². The van der Waals surface area contributed by atoms with E-state index < -0.39 is 60.1 Å². The molecule has 6 atom stereocenters. The molecule has 0 radical (unpaired) electrons. The smallest absolute Gasteiger partial charge is 0.426 e. The average Bonchev–Trinajstić information content (AvgIpc) is 3.97. The molecular formula is C38H41N9O8S2. The van der Waals surface area contributed by atoms with Crippen molar-refractivity contribution in [3.05, 3.63) is 82.8 Å². The van der Waals surface area contributed by atoms with Crippen molar-refractivity contribution in [2.75, 3.05) is 11.5 Å². The predicted molar refractivity (Wildman–Crippen MR) is 208 cm³/mol. The number of nitrogens with zero attached hydrogens (tertiary/aromatic N) is 9. The number of aromatic nitrogens is 8. The topological polar surface area (TPSA) is 191 Å². The van der Waals surface area contributed by atoms with Gasteiger partial charge in [-0.3, -0.25) is 4.57 Å². The normalized spacial score (nSPS) is 22.6. The minimum atomic E-state index is -1.27. The molecule has 2 aromatic carbocycles. The van der Waals surface area contributed by atoms with Crippen molar-refractivity contribution in [1.29, 1.82) is 0 Å². The molecule has 57 heavy (non-hydrogen) atoms. The number of carbonyl (C=O) groups is 2. The van der Waals surface area contributed by atoms with Gasteiger partial charge >= 0.3 is 12.2 Å². The number of rotatable bonds is 6.